The number of aromatic nitrogens is 2. The molecule has 2 aromatic rings. The summed E-state index contributed by atoms with van der Waals surface area (Å²) in [5, 5.41) is 7.48. The molecule has 0 unspecified atom stereocenters. The maximum Gasteiger partial charge on any atom is 0.573 e. The number of ether oxygens (including phenoxy) is 1. The zero-order valence-corrected chi connectivity index (χ0v) is 14.6. The first-order valence-electron chi connectivity index (χ1n) is 9.11. The van der Waals surface area contributed by atoms with Crippen LogP contribution in [0, 0.1) is 0 Å². The molecule has 0 saturated heterocycles. The third kappa shape index (κ3) is 4.61. The highest BCUT2D eigenvalue weighted by atomic mass is 19.4. The molecule has 2 saturated carbocycles. The average Bonchev–Trinajstić information content (AvgIpc) is 3.53. The van der Waals surface area contributed by atoms with Crippen LogP contribution in [0.4, 0.5) is 13.2 Å². The third-order valence-corrected chi connectivity index (χ3v) is 4.78. The molecule has 5 nitrogen and oxygen atoms in total. The number of carbonyl (C=O) groups is 1. The summed E-state index contributed by atoms with van der Waals surface area (Å²) >= 11 is 0. The van der Waals surface area contributed by atoms with Gasteiger partial charge in [-0.3, -0.25) is 9.48 Å². The number of nitrogens with zero attached hydrogens (tertiary/aromatic N) is 2. The second kappa shape index (κ2) is 6.90. The molecule has 2 aliphatic rings. The van der Waals surface area contributed by atoms with Gasteiger partial charge in [-0.05, 0) is 56.0 Å². The van der Waals surface area contributed by atoms with Crippen LogP contribution < -0.4 is 10.1 Å². The fourth-order valence-corrected chi connectivity index (χ4v) is 3.10. The van der Waals surface area contributed by atoms with E-state index in [1.54, 1.807) is 0 Å². The number of benzene rings is 1. The van der Waals surface area contributed by atoms with Crippen LogP contribution in [0.3, 0.4) is 0 Å². The second-order valence-corrected chi connectivity index (χ2v) is 7.09. The summed E-state index contributed by atoms with van der Waals surface area (Å²) in [5.41, 5.74) is 2.69. The van der Waals surface area contributed by atoms with Crippen LogP contribution >= 0.6 is 0 Å². The van der Waals surface area contributed by atoms with Gasteiger partial charge in [-0.1, -0.05) is 0 Å². The maximum absolute atomic E-state index is 12.2. The molecule has 0 radical (unpaired) electrons. The Bertz CT molecular complexity index is 822. The molecule has 0 bridgehead atoms. The molecule has 1 heterocycles. The Hall–Kier alpha value is -2.51. The second-order valence-electron chi connectivity index (χ2n) is 7.09. The van der Waals surface area contributed by atoms with Crippen LogP contribution in [0.1, 0.15) is 59.3 Å². The summed E-state index contributed by atoms with van der Waals surface area (Å²) in [5.74, 6) is 0.492. The normalized spacial score (nSPS) is 17.0. The number of alkyl halides is 3. The van der Waals surface area contributed by atoms with Crippen molar-refractivity contribution >= 4 is 5.91 Å². The molecule has 0 atom stereocenters. The number of halogens is 3. The van der Waals surface area contributed by atoms with Gasteiger partial charge >= 0.3 is 6.36 Å². The molecule has 0 aliphatic heterocycles. The largest absolute Gasteiger partial charge is 0.573 e. The lowest BCUT2D eigenvalue weighted by molar-refractivity contribution is -0.274. The van der Waals surface area contributed by atoms with Crippen LogP contribution in [0.2, 0.25) is 0 Å². The summed E-state index contributed by atoms with van der Waals surface area (Å²) in [7, 11) is 0. The van der Waals surface area contributed by atoms with E-state index in [1.807, 2.05) is 4.68 Å². The van der Waals surface area contributed by atoms with Crippen molar-refractivity contribution in [1.82, 2.24) is 15.1 Å². The summed E-state index contributed by atoms with van der Waals surface area (Å²) < 4.78 is 42.3. The van der Waals surface area contributed by atoms with Crippen molar-refractivity contribution in [1.29, 1.82) is 0 Å². The topological polar surface area (TPSA) is 56.2 Å². The molecular weight excluding hydrogens is 359 g/mol. The van der Waals surface area contributed by atoms with E-state index in [2.05, 4.69) is 16.1 Å². The number of hydrogen-bond donors (Lipinski definition) is 1. The van der Waals surface area contributed by atoms with Gasteiger partial charge < -0.3 is 10.1 Å². The first-order chi connectivity index (χ1) is 12.9. The Balaban J connectivity index is 1.32. The highest BCUT2D eigenvalue weighted by Gasteiger charge is 2.32. The minimum absolute atomic E-state index is 0.283. The van der Waals surface area contributed by atoms with E-state index in [1.165, 1.54) is 43.5 Å². The standard InChI is InChI=1S/C19H20F3N3O2/c20-19(21,22)27-15-7-5-14(6-8-15)18(26)23-9-10-25-17(13-3-4-13)11-16(24-25)12-1-2-12/h5-8,11-13H,1-4,9-10H2,(H,23,26). The molecule has 1 aromatic carbocycles. The van der Waals surface area contributed by atoms with Crippen molar-refractivity contribution in [2.24, 2.45) is 0 Å². The Morgan fingerprint density at radius 2 is 1.81 bits per heavy atom. The van der Waals surface area contributed by atoms with Crippen LogP contribution in [-0.2, 0) is 6.54 Å². The fourth-order valence-electron chi connectivity index (χ4n) is 3.10. The van der Waals surface area contributed by atoms with Crippen molar-refractivity contribution in [2.45, 2.75) is 50.4 Å². The van der Waals surface area contributed by atoms with Gasteiger partial charge in [-0.15, -0.1) is 13.2 Å². The summed E-state index contributed by atoms with van der Waals surface area (Å²) in [6.45, 7) is 0.991. The van der Waals surface area contributed by atoms with Gasteiger partial charge in [0.1, 0.15) is 5.75 Å². The molecule has 27 heavy (non-hydrogen) atoms. The predicted octanol–water partition coefficient (Wildman–Crippen LogP) is 3.97. The lowest BCUT2D eigenvalue weighted by Gasteiger charge is -2.10. The van der Waals surface area contributed by atoms with Crippen molar-refractivity contribution in [2.75, 3.05) is 6.54 Å². The highest BCUT2D eigenvalue weighted by Crippen LogP contribution is 2.44. The van der Waals surface area contributed by atoms with E-state index < -0.39 is 6.36 Å². The minimum atomic E-state index is -4.74. The third-order valence-electron chi connectivity index (χ3n) is 4.78. The Kier molecular flexibility index (Phi) is 4.57. The van der Waals surface area contributed by atoms with Gasteiger partial charge in [0, 0.05) is 29.6 Å². The van der Waals surface area contributed by atoms with Gasteiger partial charge in [0.15, 0.2) is 0 Å². The van der Waals surface area contributed by atoms with E-state index in [4.69, 9.17) is 5.10 Å². The molecule has 1 amide bonds. The Morgan fingerprint density at radius 3 is 2.41 bits per heavy atom. The predicted molar refractivity (Wildman–Crippen MR) is 91.6 cm³/mol. The van der Waals surface area contributed by atoms with E-state index >= 15 is 0 Å². The molecular formula is C19H20F3N3O2. The van der Waals surface area contributed by atoms with Crippen molar-refractivity contribution in [3.05, 3.63) is 47.3 Å². The van der Waals surface area contributed by atoms with Gasteiger partial charge in [0.2, 0.25) is 0 Å². The Labute approximate surface area is 154 Å². The molecule has 2 aliphatic carbocycles. The van der Waals surface area contributed by atoms with Gasteiger partial charge in [-0.25, -0.2) is 0 Å². The molecule has 144 valence electrons. The quantitative estimate of drug-likeness (QED) is 0.792. The molecule has 1 N–H and O–H groups in total. The van der Waals surface area contributed by atoms with E-state index in [9.17, 15) is 18.0 Å². The van der Waals surface area contributed by atoms with Crippen molar-refractivity contribution in [3.8, 4) is 5.75 Å². The smallest absolute Gasteiger partial charge is 0.406 e. The lowest BCUT2D eigenvalue weighted by Crippen LogP contribution is -2.28. The van der Waals surface area contributed by atoms with Crippen LogP contribution in [0.25, 0.3) is 0 Å². The number of nitrogens with one attached hydrogen (secondary N) is 1. The average molecular weight is 379 g/mol. The fraction of sp³-hybridized carbons (Fsp3) is 0.474. The summed E-state index contributed by atoms with van der Waals surface area (Å²) in [6, 6.07) is 7.08. The van der Waals surface area contributed by atoms with Crippen molar-refractivity contribution < 1.29 is 22.7 Å². The van der Waals surface area contributed by atoms with Gasteiger partial charge in [0.25, 0.3) is 5.91 Å². The Morgan fingerprint density at radius 1 is 1.15 bits per heavy atom. The molecule has 4 rings (SSSR count). The monoisotopic (exact) mass is 379 g/mol. The van der Waals surface area contributed by atoms with E-state index in [-0.39, 0.29) is 17.2 Å². The first-order valence-corrected chi connectivity index (χ1v) is 9.11. The highest BCUT2D eigenvalue weighted by molar-refractivity contribution is 5.94. The molecule has 2 fully saturated rings. The number of hydrogen-bond acceptors (Lipinski definition) is 3. The van der Waals surface area contributed by atoms with E-state index in [0.29, 0.717) is 24.9 Å². The van der Waals surface area contributed by atoms with Gasteiger partial charge in [-0.2, -0.15) is 5.10 Å². The van der Waals surface area contributed by atoms with Crippen LogP contribution in [-0.4, -0.2) is 28.6 Å². The molecule has 1 aromatic heterocycles. The number of carbonyl (C=O) groups excluding carboxylic acids is 1. The zero-order valence-electron chi connectivity index (χ0n) is 14.6. The number of rotatable bonds is 7. The first kappa shape index (κ1) is 17.9. The molecule has 0 spiro atoms. The zero-order chi connectivity index (χ0) is 19.0. The summed E-state index contributed by atoms with van der Waals surface area (Å²) in [4.78, 5) is 12.2. The van der Waals surface area contributed by atoms with Crippen LogP contribution in [0.5, 0.6) is 5.75 Å². The lowest BCUT2D eigenvalue weighted by atomic mass is 10.2. The van der Waals surface area contributed by atoms with Gasteiger partial charge in [0.05, 0.1) is 12.2 Å². The SMILES string of the molecule is O=C(NCCn1nc(C2CC2)cc1C1CC1)c1ccc(OC(F)(F)F)cc1. The number of amides is 1. The molecule has 8 heteroatoms. The van der Waals surface area contributed by atoms with Crippen LogP contribution in [0.15, 0.2) is 30.3 Å². The maximum atomic E-state index is 12.2. The van der Waals surface area contributed by atoms with Crippen molar-refractivity contribution in [3.63, 3.8) is 0 Å². The minimum Gasteiger partial charge on any atom is -0.406 e. The van der Waals surface area contributed by atoms with E-state index in [0.717, 1.165) is 17.8 Å². The summed E-state index contributed by atoms with van der Waals surface area (Å²) in [6.07, 6.45) is 0.0347.